The van der Waals surface area contributed by atoms with Crippen LogP contribution in [0.15, 0.2) is 48.5 Å². The summed E-state index contributed by atoms with van der Waals surface area (Å²) in [7, 11) is 0. The second kappa shape index (κ2) is 7.60. The number of hydrogen-bond donors (Lipinski definition) is 1. The van der Waals surface area contributed by atoms with Crippen molar-refractivity contribution in [2.45, 2.75) is 26.7 Å². The van der Waals surface area contributed by atoms with Gasteiger partial charge in [-0.1, -0.05) is 43.7 Å². The summed E-state index contributed by atoms with van der Waals surface area (Å²) in [4.78, 5) is 28.2. The van der Waals surface area contributed by atoms with Gasteiger partial charge in [-0.15, -0.1) is 0 Å². The highest BCUT2D eigenvalue weighted by Gasteiger charge is 2.30. The molecule has 0 unspecified atom stereocenters. The Morgan fingerprint density at radius 1 is 1.04 bits per heavy atom. The molecule has 136 valence electrons. The van der Waals surface area contributed by atoms with Crippen LogP contribution >= 0.6 is 0 Å². The van der Waals surface area contributed by atoms with E-state index in [9.17, 15) is 9.59 Å². The number of urea groups is 1. The number of amides is 3. The molecule has 1 N–H and O–H groups in total. The number of hydrogen-bond acceptors (Lipinski definition) is 2. The van der Waals surface area contributed by atoms with Gasteiger partial charge in [0.05, 0.1) is 0 Å². The molecule has 26 heavy (non-hydrogen) atoms. The van der Waals surface area contributed by atoms with Crippen molar-refractivity contribution < 1.29 is 9.59 Å². The summed E-state index contributed by atoms with van der Waals surface area (Å²) in [5.74, 6) is 0.277. The number of nitrogens with one attached hydrogen (secondary N) is 1. The molecule has 0 saturated carbocycles. The van der Waals surface area contributed by atoms with Gasteiger partial charge in [0.1, 0.15) is 6.54 Å². The lowest BCUT2D eigenvalue weighted by Gasteiger charge is -2.19. The monoisotopic (exact) mass is 351 g/mol. The van der Waals surface area contributed by atoms with Gasteiger partial charge in [0.2, 0.25) is 5.91 Å². The van der Waals surface area contributed by atoms with Gasteiger partial charge in [-0.25, -0.2) is 4.79 Å². The van der Waals surface area contributed by atoms with Crippen molar-refractivity contribution >= 4 is 23.3 Å². The molecular weight excluding hydrogens is 326 g/mol. The van der Waals surface area contributed by atoms with E-state index in [2.05, 4.69) is 31.3 Å². The second-order valence-electron chi connectivity index (χ2n) is 7.02. The van der Waals surface area contributed by atoms with E-state index in [0.717, 1.165) is 16.9 Å². The first-order valence-corrected chi connectivity index (χ1v) is 8.97. The summed E-state index contributed by atoms with van der Waals surface area (Å²) in [6.45, 7) is 7.49. The smallest absolute Gasteiger partial charge is 0.325 e. The van der Waals surface area contributed by atoms with E-state index < -0.39 is 0 Å². The van der Waals surface area contributed by atoms with E-state index in [1.807, 2.05) is 43.3 Å². The Morgan fingerprint density at radius 3 is 2.31 bits per heavy atom. The highest BCUT2D eigenvalue weighted by molar-refractivity contribution is 5.99. The zero-order valence-corrected chi connectivity index (χ0v) is 15.5. The first-order valence-electron chi connectivity index (χ1n) is 8.97. The highest BCUT2D eigenvalue weighted by Crippen LogP contribution is 2.23. The van der Waals surface area contributed by atoms with Gasteiger partial charge in [-0.3, -0.25) is 9.69 Å². The molecule has 3 rings (SSSR count). The van der Waals surface area contributed by atoms with Gasteiger partial charge < -0.3 is 10.2 Å². The SMILES string of the molecule is Cc1ccc(NC(=O)CN2CCN(c3ccc(C(C)C)cc3)C2=O)cc1. The van der Waals surface area contributed by atoms with E-state index >= 15 is 0 Å². The van der Waals surface area contributed by atoms with Crippen LogP contribution in [0.2, 0.25) is 0 Å². The third-order valence-corrected chi connectivity index (χ3v) is 4.64. The van der Waals surface area contributed by atoms with Crippen molar-refractivity contribution in [3.05, 3.63) is 59.7 Å². The molecule has 0 spiro atoms. The van der Waals surface area contributed by atoms with Gasteiger partial charge >= 0.3 is 6.03 Å². The largest absolute Gasteiger partial charge is 0.325 e. The molecular formula is C21H25N3O2. The topological polar surface area (TPSA) is 52.7 Å². The van der Waals surface area contributed by atoms with Crippen molar-refractivity contribution in [2.75, 3.05) is 29.9 Å². The number of rotatable bonds is 5. The standard InChI is InChI=1S/C21H25N3O2/c1-15(2)17-6-10-19(11-7-17)24-13-12-23(21(24)26)14-20(25)22-18-8-4-16(3)5-9-18/h4-11,15H,12-14H2,1-3H3,(H,22,25). The van der Waals surface area contributed by atoms with Crippen LogP contribution in [0.1, 0.15) is 30.9 Å². The predicted molar refractivity (Wildman–Crippen MR) is 105 cm³/mol. The summed E-state index contributed by atoms with van der Waals surface area (Å²) in [5.41, 5.74) is 4.00. The summed E-state index contributed by atoms with van der Waals surface area (Å²) < 4.78 is 0. The molecule has 1 fully saturated rings. The maximum absolute atomic E-state index is 12.6. The van der Waals surface area contributed by atoms with Crippen LogP contribution in [0.5, 0.6) is 0 Å². The van der Waals surface area contributed by atoms with E-state index in [1.165, 1.54) is 5.56 Å². The molecule has 5 heteroatoms. The summed E-state index contributed by atoms with van der Waals surface area (Å²) >= 11 is 0. The minimum Gasteiger partial charge on any atom is -0.325 e. The van der Waals surface area contributed by atoms with E-state index in [4.69, 9.17) is 0 Å². The number of nitrogens with zero attached hydrogens (tertiary/aromatic N) is 2. The van der Waals surface area contributed by atoms with Crippen LogP contribution in [0.4, 0.5) is 16.2 Å². The molecule has 1 saturated heterocycles. The van der Waals surface area contributed by atoms with Gasteiger partial charge in [0.15, 0.2) is 0 Å². The number of benzene rings is 2. The Balaban J connectivity index is 1.59. The summed E-state index contributed by atoms with van der Waals surface area (Å²) in [5, 5.41) is 2.84. The van der Waals surface area contributed by atoms with E-state index in [0.29, 0.717) is 19.0 Å². The quantitative estimate of drug-likeness (QED) is 0.885. The fraction of sp³-hybridized carbons (Fsp3) is 0.333. The number of carbonyl (C=O) groups is 2. The minimum atomic E-state index is -0.181. The van der Waals surface area contributed by atoms with Crippen LogP contribution in [0, 0.1) is 6.92 Å². The van der Waals surface area contributed by atoms with Crippen molar-refractivity contribution in [2.24, 2.45) is 0 Å². The fourth-order valence-corrected chi connectivity index (χ4v) is 3.02. The summed E-state index contributed by atoms with van der Waals surface area (Å²) in [6, 6.07) is 15.6. The Bertz CT molecular complexity index is 782. The molecule has 1 heterocycles. The zero-order chi connectivity index (χ0) is 18.7. The predicted octanol–water partition coefficient (Wildman–Crippen LogP) is 4.00. The Kier molecular flexibility index (Phi) is 5.26. The number of anilines is 2. The molecule has 0 aromatic heterocycles. The molecule has 1 aliphatic rings. The van der Waals surface area contributed by atoms with Crippen LogP contribution in [0.25, 0.3) is 0 Å². The van der Waals surface area contributed by atoms with Crippen LogP contribution in [-0.2, 0) is 4.79 Å². The Labute approximate surface area is 154 Å². The second-order valence-corrected chi connectivity index (χ2v) is 7.02. The summed E-state index contributed by atoms with van der Waals surface area (Å²) in [6.07, 6.45) is 0. The average molecular weight is 351 g/mol. The Hall–Kier alpha value is -2.82. The zero-order valence-electron chi connectivity index (χ0n) is 15.5. The van der Waals surface area contributed by atoms with Gasteiger partial charge in [-0.05, 0) is 42.7 Å². The molecule has 0 aliphatic carbocycles. The number of aryl methyl sites for hydroxylation is 1. The molecule has 3 amide bonds. The molecule has 0 atom stereocenters. The fourth-order valence-electron chi connectivity index (χ4n) is 3.02. The van der Waals surface area contributed by atoms with Crippen LogP contribution in [0.3, 0.4) is 0 Å². The van der Waals surface area contributed by atoms with Gasteiger partial charge in [0, 0.05) is 24.5 Å². The lowest BCUT2D eigenvalue weighted by molar-refractivity contribution is -0.116. The molecule has 1 aliphatic heterocycles. The molecule has 2 aromatic carbocycles. The molecule has 5 nitrogen and oxygen atoms in total. The molecule has 0 bridgehead atoms. The maximum atomic E-state index is 12.6. The van der Waals surface area contributed by atoms with Crippen molar-refractivity contribution in [3.63, 3.8) is 0 Å². The lowest BCUT2D eigenvalue weighted by Crippen LogP contribution is -2.37. The van der Waals surface area contributed by atoms with Gasteiger partial charge in [-0.2, -0.15) is 0 Å². The third kappa shape index (κ3) is 4.04. The minimum absolute atomic E-state index is 0.0628. The Morgan fingerprint density at radius 2 is 1.69 bits per heavy atom. The molecule has 2 aromatic rings. The first kappa shape index (κ1) is 18.0. The average Bonchev–Trinajstić information content (AvgIpc) is 2.97. The van der Waals surface area contributed by atoms with Crippen LogP contribution < -0.4 is 10.2 Å². The first-order chi connectivity index (χ1) is 12.4. The molecule has 0 radical (unpaired) electrons. The van der Waals surface area contributed by atoms with Crippen molar-refractivity contribution in [1.82, 2.24) is 4.90 Å². The van der Waals surface area contributed by atoms with E-state index in [-0.39, 0.29) is 18.5 Å². The van der Waals surface area contributed by atoms with Crippen molar-refractivity contribution in [3.8, 4) is 0 Å². The lowest BCUT2D eigenvalue weighted by atomic mass is 10.0. The third-order valence-electron chi connectivity index (χ3n) is 4.64. The van der Waals surface area contributed by atoms with Gasteiger partial charge in [0.25, 0.3) is 0 Å². The number of carbonyl (C=O) groups excluding carboxylic acids is 2. The van der Waals surface area contributed by atoms with E-state index in [1.54, 1.807) is 9.80 Å². The normalized spacial score (nSPS) is 14.2. The van der Waals surface area contributed by atoms with Crippen molar-refractivity contribution in [1.29, 1.82) is 0 Å². The maximum Gasteiger partial charge on any atom is 0.325 e. The highest BCUT2D eigenvalue weighted by atomic mass is 16.2. The van der Waals surface area contributed by atoms with Crippen LogP contribution in [-0.4, -0.2) is 36.5 Å².